The van der Waals surface area contributed by atoms with Gasteiger partial charge in [-0.25, -0.2) is 19.1 Å². The van der Waals surface area contributed by atoms with E-state index in [1.807, 2.05) is 63.7 Å². The summed E-state index contributed by atoms with van der Waals surface area (Å²) >= 11 is 0. The number of imidazole rings is 1. The van der Waals surface area contributed by atoms with E-state index in [0.717, 1.165) is 28.5 Å². The number of carbonyl (C=O) groups is 2. The molecule has 0 fully saturated rings. The molecule has 1 N–H and O–H groups in total. The van der Waals surface area contributed by atoms with Crippen molar-refractivity contribution in [1.82, 2.24) is 18.9 Å². The van der Waals surface area contributed by atoms with E-state index in [9.17, 15) is 14.7 Å². The van der Waals surface area contributed by atoms with Crippen LogP contribution >= 0.6 is 0 Å². The number of benzene rings is 1. The summed E-state index contributed by atoms with van der Waals surface area (Å²) in [5.74, 6) is 0.917. The van der Waals surface area contributed by atoms with Gasteiger partial charge in [-0.15, -0.1) is 0 Å². The van der Waals surface area contributed by atoms with E-state index in [1.54, 1.807) is 6.92 Å². The molecule has 0 radical (unpaired) electrons. The summed E-state index contributed by atoms with van der Waals surface area (Å²) in [4.78, 5) is 30.4. The van der Waals surface area contributed by atoms with Crippen molar-refractivity contribution in [2.24, 2.45) is 0 Å². The standard InChI is InChI=1S/C21H28N4O3/c1-7-23(21(27)28)19-10-14(3)25(6,16(5)26)20-9-8-17(11-18(19)20)24-12-13(2)22-15(24)4/h8-9,11-12,14,19H,7,10H2,1-6H3/p+1/t14-,19+,25?/m0/s1. The van der Waals surface area contributed by atoms with Crippen LogP contribution in [0.1, 0.15) is 50.3 Å². The van der Waals surface area contributed by atoms with E-state index >= 15 is 0 Å². The SMILES string of the molecule is CCN(C(=O)O)[C@@H]1C[C@H](C)[N+](C)(C(C)=O)c2ccc(-n3cc(C)nc3C)cc21. The first-order chi connectivity index (χ1) is 13.1. The molecule has 0 saturated carbocycles. The quantitative estimate of drug-likeness (QED) is 0.816. The van der Waals surface area contributed by atoms with Crippen LogP contribution in [0.15, 0.2) is 24.4 Å². The zero-order chi connectivity index (χ0) is 20.8. The van der Waals surface area contributed by atoms with Gasteiger partial charge in [-0.3, -0.25) is 0 Å². The molecule has 0 saturated heterocycles. The average Bonchev–Trinajstić information content (AvgIpc) is 2.97. The number of carbonyl (C=O) groups excluding carboxylic acids is 1. The summed E-state index contributed by atoms with van der Waals surface area (Å²) in [5.41, 5.74) is 3.61. The van der Waals surface area contributed by atoms with Crippen LogP contribution in [0.5, 0.6) is 0 Å². The second kappa shape index (κ2) is 7.05. The maximum Gasteiger partial charge on any atom is 0.407 e. The molecule has 7 heteroatoms. The zero-order valence-electron chi connectivity index (χ0n) is 17.4. The lowest BCUT2D eigenvalue weighted by Crippen LogP contribution is -2.60. The van der Waals surface area contributed by atoms with Gasteiger partial charge in [-0.2, -0.15) is 0 Å². The van der Waals surface area contributed by atoms with Crippen LogP contribution in [0.2, 0.25) is 0 Å². The highest BCUT2D eigenvalue weighted by Gasteiger charge is 2.47. The molecule has 1 unspecified atom stereocenters. The van der Waals surface area contributed by atoms with Crippen molar-refractivity contribution in [1.29, 1.82) is 0 Å². The Morgan fingerprint density at radius 1 is 1.36 bits per heavy atom. The summed E-state index contributed by atoms with van der Waals surface area (Å²) in [5, 5.41) is 9.75. The minimum Gasteiger partial charge on any atom is -0.465 e. The predicted octanol–water partition coefficient (Wildman–Crippen LogP) is 3.81. The number of hydrogen-bond acceptors (Lipinski definition) is 3. The number of aromatic nitrogens is 2. The van der Waals surface area contributed by atoms with E-state index in [0.29, 0.717) is 13.0 Å². The number of quaternary nitrogens is 1. The molecule has 7 nitrogen and oxygen atoms in total. The maximum atomic E-state index is 12.6. The van der Waals surface area contributed by atoms with Crippen LogP contribution in [0, 0.1) is 13.8 Å². The number of amides is 2. The van der Waals surface area contributed by atoms with Crippen molar-refractivity contribution < 1.29 is 14.7 Å². The third-order valence-corrected chi connectivity index (χ3v) is 6.21. The molecule has 2 aromatic rings. The molecule has 0 aliphatic carbocycles. The molecule has 1 aromatic heterocycles. The number of hydrogen-bond donors (Lipinski definition) is 1. The first-order valence-electron chi connectivity index (χ1n) is 9.65. The van der Waals surface area contributed by atoms with E-state index in [-0.39, 0.29) is 22.5 Å². The van der Waals surface area contributed by atoms with Crippen LogP contribution in [-0.4, -0.2) is 51.2 Å². The average molecular weight is 385 g/mol. The van der Waals surface area contributed by atoms with Crippen LogP contribution in [0.3, 0.4) is 0 Å². The molecule has 2 heterocycles. The predicted molar refractivity (Wildman–Crippen MR) is 109 cm³/mol. The smallest absolute Gasteiger partial charge is 0.407 e. The lowest BCUT2D eigenvalue weighted by Gasteiger charge is -2.45. The van der Waals surface area contributed by atoms with Gasteiger partial charge in [0.2, 0.25) is 0 Å². The number of rotatable bonds is 3. The molecule has 3 atom stereocenters. The number of nitrogens with zero attached hydrogens (tertiary/aromatic N) is 4. The van der Waals surface area contributed by atoms with Gasteiger partial charge < -0.3 is 14.6 Å². The fraction of sp³-hybridized carbons (Fsp3) is 0.476. The molecular weight excluding hydrogens is 356 g/mol. The number of fused-ring (bicyclic) bond motifs is 1. The van der Waals surface area contributed by atoms with Crippen molar-refractivity contribution in [3.05, 3.63) is 41.5 Å². The normalized spacial score (nSPS) is 23.9. The summed E-state index contributed by atoms with van der Waals surface area (Å²) in [7, 11) is 1.92. The monoisotopic (exact) mass is 385 g/mol. The van der Waals surface area contributed by atoms with Crippen LogP contribution in [0.4, 0.5) is 10.5 Å². The van der Waals surface area contributed by atoms with Crippen molar-refractivity contribution in [2.45, 2.75) is 53.1 Å². The molecule has 150 valence electrons. The van der Waals surface area contributed by atoms with Gasteiger partial charge in [-0.1, -0.05) is 0 Å². The Morgan fingerprint density at radius 3 is 2.54 bits per heavy atom. The highest BCUT2D eigenvalue weighted by Crippen LogP contribution is 2.45. The van der Waals surface area contributed by atoms with Gasteiger partial charge in [0, 0.05) is 36.5 Å². The minimum atomic E-state index is -0.940. The number of aryl methyl sites for hydroxylation is 2. The lowest BCUT2D eigenvalue weighted by atomic mass is 9.88. The van der Waals surface area contributed by atoms with Crippen molar-refractivity contribution >= 4 is 17.7 Å². The molecule has 2 amide bonds. The lowest BCUT2D eigenvalue weighted by molar-refractivity contribution is -0.129. The first kappa shape index (κ1) is 20.1. The second-order valence-electron chi connectivity index (χ2n) is 7.81. The molecule has 3 rings (SSSR count). The fourth-order valence-corrected chi connectivity index (χ4v) is 4.42. The van der Waals surface area contributed by atoms with Crippen LogP contribution in [-0.2, 0) is 4.79 Å². The number of carboxylic acid groups (broad SMARTS) is 1. The van der Waals surface area contributed by atoms with Crippen molar-refractivity contribution in [3.63, 3.8) is 0 Å². The zero-order valence-corrected chi connectivity index (χ0v) is 17.4. The Balaban J connectivity index is 2.24. The summed E-state index contributed by atoms with van der Waals surface area (Å²) < 4.78 is 2.17. The molecule has 0 spiro atoms. The molecule has 0 bridgehead atoms. The van der Waals surface area contributed by atoms with Gasteiger partial charge >= 0.3 is 12.0 Å². The summed E-state index contributed by atoms with van der Waals surface area (Å²) in [6.07, 6.45) is 1.62. The van der Waals surface area contributed by atoms with Gasteiger partial charge in [0.1, 0.15) is 11.5 Å². The second-order valence-corrected chi connectivity index (χ2v) is 7.81. The molecule has 1 aliphatic rings. The molecule has 1 aromatic carbocycles. The third kappa shape index (κ3) is 2.99. The third-order valence-electron chi connectivity index (χ3n) is 6.21. The summed E-state index contributed by atoms with van der Waals surface area (Å²) in [6, 6.07) is 5.66. The molecule has 1 aliphatic heterocycles. The Hall–Kier alpha value is -2.67. The fourth-order valence-electron chi connectivity index (χ4n) is 4.42. The summed E-state index contributed by atoms with van der Waals surface area (Å²) in [6.45, 7) is 9.75. The first-order valence-corrected chi connectivity index (χ1v) is 9.65. The molecular formula is C21H29N4O3+. The Bertz CT molecular complexity index is 936. The largest absolute Gasteiger partial charge is 0.465 e. The van der Waals surface area contributed by atoms with Crippen LogP contribution in [0.25, 0.3) is 5.69 Å². The highest BCUT2D eigenvalue weighted by atomic mass is 16.4. The maximum absolute atomic E-state index is 12.6. The van der Waals surface area contributed by atoms with E-state index < -0.39 is 6.09 Å². The van der Waals surface area contributed by atoms with E-state index in [2.05, 4.69) is 4.98 Å². The minimum absolute atomic E-state index is 0.0218. The Kier molecular flexibility index (Phi) is 5.06. The van der Waals surface area contributed by atoms with Crippen molar-refractivity contribution in [3.8, 4) is 5.69 Å². The van der Waals surface area contributed by atoms with Gasteiger partial charge in [0.05, 0.1) is 31.7 Å². The van der Waals surface area contributed by atoms with Crippen molar-refractivity contribution in [2.75, 3.05) is 13.6 Å². The van der Waals surface area contributed by atoms with Gasteiger partial charge in [-0.05, 0) is 39.8 Å². The van der Waals surface area contributed by atoms with Crippen LogP contribution < -0.4 is 4.48 Å². The van der Waals surface area contributed by atoms with E-state index in [4.69, 9.17) is 0 Å². The highest BCUT2D eigenvalue weighted by molar-refractivity contribution is 5.88. The molecule has 28 heavy (non-hydrogen) atoms. The van der Waals surface area contributed by atoms with Gasteiger partial charge in [0.15, 0.2) is 0 Å². The Labute approximate surface area is 165 Å². The Morgan fingerprint density at radius 2 is 2.04 bits per heavy atom. The van der Waals surface area contributed by atoms with E-state index in [1.165, 1.54) is 4.90 Å². The topological polar surface area (TPSA) is 75.4 Å². The van der Waals surface area contributed by atoms with Gasteiger partial charge in [0.25, 0.3) is 0 Å².